The van der Waals surface area contributed by atoms with Gasteiger partial charge in [-0.2, -0.15) is 5.10 Å². The number of hydrogen-bond acceptors (Lipinski definition) is 3. The largest absolute Gasteiger partial charge is 0.311 e. The average Bonchev–Trinajstić information content (AvgIpc) is 2.75. The standard InChI is InChI=1S/C15H14ClFN4O2/c1-7-5-11(22)18-14-12(7)13(20-21(14)2)19-15(23)9-4-3-8(17)6-10(9)16/h3-4,6-7H,5H2,1-2H3,(H,18,22)(H,19,20,23)/t7-/m1/s1. The predicted molar refractivity (Wildman–Crippen MR) is 84.2 cm³/mol. The summed E-state index contributed by atoms with van der Waals surface area (Å²) in [4.78, 5) is 24.0. The lowest BCUT2D eigenvalue weighted by Crippen LogP contribution is -2.23. The normalized spacial score (nSPS) is 16.7. The fourth-order valence-corrected chi connectivity index (χ4v) is 2.91. The van der Waals surface area contributed by atoms with Crippen LogP contribution in [0.15, 0.2) is 18.2 Å². The van der Waals surface area contributed by atoms with Crippen molar-refractivity contribution in [3.63, 3.8) is 0 Å². The van der Waals surface area contributed by atoms with Gasteiger partial charge in [-0.3, -0.25) is 14.3 Å². The van der Waals surface area contributed by atoms with E-state index in [1.165, 1.54) is 10.7 Å². The quantitative estimate of drug-likeness (QED) is 0.885. The highest BCUT2D eigenvalue weighted by Gasteiger charge is 2.30. The number of amides is 2. The molecule has 2 amide bonds. The van der Waals surface area contributed by atoms with E-state index in [0.717, 1.165) is 17.7 Å². The number of aryl methyl sites for hydroxylation is 1. The minimum atomic E-state index is -0.516. The van der Waals surface area contributed by atoms with Crippen LogP contribution in [0.1, 0.15) is 35.2 Å². The third kappa shape index (κ3) is 2.79. The van der Waals surface area contributed by atoms with Crippen molar-refractivity contribution in [2.75, 3.05) is 10.6 Å². The van der Waals surface area contributed by atoms with Crippen LogP contribution < -0.4 is 10.6 Å². The van der Waals surface area contributed by atoms with E-state index in [-0.39, 0.29) is 22.4 Å². The Bertz CT molecular complexity index is 818. The molecule has 2 heterocycles. The van der Waals surface area contributed by atoms with Crippen LogP contribution >= 0.6 is 11.6 Å². The second-order valence-electron chi connectivity index (χ2n) is 5.47. The zero-order chi connectivity index (χ0) is 16.7. The van der Waals surface area contributed by atoms with Crippen molar-refractivity contribution in [3.8, 4) is 0 Å². The second-order valence-corrected chi connectivity index (χ2v) is 5.87. The number of anilines is 2. The molecule has 1 aromatic carbocycles. The predicted octanol–water partition coefficient (Wildman–Crippen LogP) is 2.91. The fraction of sp³-hybridized carbons (Fsp3) is 0.267. The number of fused-ring (bicyclic) bond motifs is 1. The van der Waals surface area contributed by atoms with E-state index in [4.69, 9.17) is 11.6 Å². The summed E-state index contributed by atoms with van der Waals surface area (Å²) >= 11 is 5.90. The zero-order valence-corrected chi connectivity index (χ0v) is 13.2. The summed E-state index contributed by atoms with van der Waals surface area (Å²) in [6.45, 7) is 1.89. The third-order valence-corrected chi connectivity index (χ3v) is 4.05. The summed E-state index contributed by atoms with van der Waals surface area (Å²) in [5, 5.41) is 9.69. The molecule has 0 spiro atoms. The third-order valence-electron chi connectivity index (χ3n) is 3.73. The molecule has 2 N–H and O–H groups in total. The lowest BCUT2D eigenvalue weighted by Gasteiger charge is -2.20. The minimum absolute atomic E-state index is 0.0219. The highest BCUT2D eigenvalue weighted by Crippen LogP contribution is 2.37. The summed E-state index contributed by atoms with van der Waals surface area (Å²) < 4.78 is 14.6. The number of rotatable bonds is 2. The summed E-state index contributed by atoms with van der Waals surface area (Å²) in [5.74, 6) is -0.244. The van der Waals surface area contributed by atoms with Gasteiger partial charge < -0.3 is 10.6 Å². The van der Waals surface area contributed by atoms with Gasteiger partial charge in [-0.1, -0.05) is 18.5 Å². The molecule has 3 rings (SSSR count). The first-order chi connectivity index (χ1) is 10.9. The topological polar surface area (TPSA) is 76.0 Å². The number of benzene rings is 1. The number of carbonyl (C=O) groups excluding carboxylic acids is 2. The Labute approximate surface area is 136 Å². The molecule has 1 atom stereocenters. The maximum Gasteiger partial charge on any atom is 0.258 e. The monoisotopic (exact) mass is 336 g/mol. The first kappa shape index (κ1) is 15.5. The molecule has 120 valence electrons. The van der Waals surface area contributed by atoms with Gasteiger partial charge in [0.1, 0.15) is 11.6 Å². The number of halogens is 2. The SMILES string of the molecule is C[C@@H]1CC(=O)Nc2c1c(NC(=O)c1ccc(F)cc1Cl)nn2C. The molecule has 23 heavy (non-hydrogen) atoms. The van der Waals surface area contributed by atoms with Gasteiger partial charge in [-0.25, -0.2) is 4.39 Å². The number of hydrogen-bond donors (Lipinski definition) is 2. The Morgan fingerprint density at radius 2 is 2.26 bits per heavy atom. The molecular formula is C15H14ClFN4O2. The van der Waals surface area contributed by atoms with Crippen molar-refractivity contribution in [1.82, 2.24) is 9.78 Å². The van der Waals surface area contributed by atoms with Crippen LogP contribution in [-0.4, -0.2) is 21.6 Å². The Kier molecular flexibility index (Phi) is 3.81. The van der Waals surface area contributed by atoms with Crippen LogP contribution in [0, 0.1) is 5.82 Å². The summed E-state index contributed by atoms with van der Waals surface area (Å²) in [5.41, 5.74) is 0.915. The fourth-order valence-electron chi connectivity index (χ4n) is 2.66. The Balaban J connectivity index is 1.93. The van der Waals surface area contributed by atoms with Crippen LogP contribution in [-0.2, 0) is 11.8 Å². The smallest absolute Gasteiger partial charge is 0.258 e. The molecule has 1 aromatic heterocycles. The van der Waals surface area contributed by atoms with Gasteiger partial charge in [0, 0.05) is 19.0 Å². The van der Waals surface area contributed by atoms with Crippen LogP contribution in [0.2, 0.25) is 5.02 Å². The summed E-state index contributed by atoms with van der Waals surface area (Å²) in [6, 6.07) is 3.55. The van der Waals surface area contributed by atoms with Gasteiger partial charge in [0.25, 0.3) is 5.91 Å². The van der Waals surface area contributed by atoms with Gasteiger partial charge >= 0.3 is 0 Å². The number of aromatic nitrogens is 2. The van der Waals surface area contributed by atoms with Crippen molar-refractivity contribution < 1.29 is 14.0 Å². The molecule has 0 saturated heterocycles. The van der Waals surface area contributed by atoms with E-state index in [0.29, 0.717) is 18.1 Å². The molecule has 0 bridgehead atoms. The highest BCUT2D eigenvalue weighted by atomic mass is 35.5. The molecule has 6 nitrogen and oxygen atoms in total. The lowest BCUT2D eigenvalue weighted by molar-refractivity contribution is -0.116. The van der Waals surface area contributed by atoms with Gasteiger partial charge in [0.2, 0.25) is 5.91 Å². The number of nitrogens with one attached hydrogen (secondary N) is 2. The minimum Gasteiger partial charge on any atom is -0.311 e. The molecule has 0 radical (unpaired) electrons. The van der Waals surface area contributed by atoms with E-state index in [9.17, 15) is 14.0 Å². The van der Waals surface area contributed by atoms with E-state index in [1.54, 1.807) is 7.05 Å². The number of nitrogens with zero attached hydrogens (tertiary/aromatic N) is 2. The molecule has 1 aliphatic rings. The van der Waals surface area contributed by atoms with Crippen molar-refractivity contribution >= 4 is 35.1 Å². The van der Waals surface area contributed by atoms with Crippen LogP contribution in [0.25, 0.3) is 0 Å². The maximum atomic E-state index is 13.1. The Morgan fingerprint density at radius 3 is 2.96 bits per heavy atom. The number of carbonyl (C=O) groups is 2. The van der Waals surface area contributed by atoms with Gasteiger partial charge in [-0.05, 0) is 24.1 Å². The highest BCUT2D eigenvalue weighted by molar-refractivity contribution is 6.34. The van der Waals surface area contributed by atoms with Crippen LogP contribution in [0.3, 0.4) is 0 Å². The summed E-state index contributed by atoms with van der Waals surface area (Å²) in [7, 11) is 1.68. The van der Waals surface area contributed by atoms with E-state index in [2.05, 4.69) is 15.7 Å². The van der Waals surface area contributed by atoms with Gasteiger partial charge in [-0.15, -0.1) is 0 Å². The first-order valence-electron chi connectivity index (χ1n) is 7.00. The Hall–Kier alpha value is -2.41. The molecule has 0 saturated carbocycles. The average molecular weight is 337 g/mol. The zero-order valence-electron chi connectivity index (χ0n) is 12.5. The Morgan fingerprint density at radius 1 is 1.52 bits per heavy atom. The molecule has 8 heteroatoms. The molecule has 2 aromatic rings. The van der Waals surface area contributed by atoms with Crippen LogP contribution in [0.4, 0.5) is 16.0 Å². The van der Waals surface area contributed by atoms with Crippen molar-refractivity contribution in [2.45, 2.75) is 19.3 Å². The second kappa shape index (κ2) is 5.66. The van der Waals surface area contributed by atoms with Crippen LogP contribution in [0.5, 0.6) is 0 Å². The first-order valence-corrected chi connectivity index (χ1v) is 7.37. The van der Waals surface area contributed by atoms with Gasteiger partial charge in [0.15, 0.2) is 5.82 Å². The van der Waals surface area contributed by atoms with Crippen molar-refractivity contribution in [3.05, 3.63) is 40.2 Å². The molecule has 0 aliphatic carbocycles. The maximum absolute atomic E-state index is 13.1. The van der Waals surface area contributed by atoms with Crippen molar-refractivity contribution in [1.29, 1.82) is 0 Å². The van der Waals surface area contributed by atoms with E-state index in [1.807, 2.05) is 6.92 Å². The molecule has 0 unspecified atom stereocenters. The molecular weight excluding hydrogens is 323 g/mol. The van der Waals surface area contributed by atoms with E-state index >= 15 is 0 Å². The molecule has 1 aliphatic heterocycles. The van der Waals surface area contributed by atoms with Gasteiger partial charge in [0.05, 0.1) is 10.6 Å². The molecule has 0 fully saturated rings. The van der Waals surface area contributed by atoms with E-state index < -0.39 is 11.7 Å². The van der Waals surface area contributed by atoms with Crippen molar-refractivity contribution in [2.24, 2.45) is 7.05 Å². The lowest BCUT2D eigenvalue weighted by atomic mass is 9.95. The summed E-state index contributed by atoms with van der Waals surface area (Å²) in [6.07, 6.45) is 0.318.